The van der Waals surface area contributed by atoms with Crippen LogP contribution in [-0.2, 0) is 21.3 Å². The van der Waals surface area contributed by atoms with Gasteiger partial charge in [-0.15, -0.1) is 0 Å². The zero-order valence-corrected chi connectivity index (χ0v) is 29.9. The fourth-order valence-corrected chi connectivity index (χ4v) is 7.15. The van der Waals surface area contributed by atoms with Gasteiger partial charge in [0.2, 0.25) is 6.79 Å². The summed E-state index contributed by atoms with van der Waals surface area (Å²) >= 11 is 0. The van der Waals surface area contributed by atoms with E-state index in [1.54, 1.807) is 48.2 Å². The van der Waals surface area contributed by atoms with Gasteiger partial charge in [-0.1, -0.05) is 30.7 Å². The molecule has 0 bridgehead atoms. The zero-order chi connectivity index (χ0) is 35.1. The number of hydrogen-bond acceptors (Lipinski definition) is 9. The van der Waals surface area contributed by atoms with Gasteiger partial charge in [0.25, 0.3) is 15.9 Å². The van der Waals surface area contributed by atoms with Gasteiger partial charge in [0.1, 0.15) is 5.75 Å². The smallest absolute Gasteiger partial charge is 0.261 e. The first-order valence-corrected chi connectivity index (χ1v) is 18.4. The van der Waals surface area contributed by atoms with Gasteiger partial charge in [-0.2, -0.15) is 0 Å². The number of carbonyl (C=O) groups is 1. The lowest BCUT2D eigenvalue weighted by Gasteiger charge is -2.36. The van der Waals surface area contributed by atoms with Crippen LogP contribution in [0, 0.1) is 12.8 Å². The SMILES string of the molecule is Cc1ccc(S(=O)(=O)Nc2ccc3c(c2)C(=O)N([C@@H](C)CO)C[C@H](C)[C@@H](CN(C)Cc2ccc4c(c2)OCO4)OCCCC[C@@H](C)O3)cc1. The molecule has 0 fully saturated rings. The average molecular weight is 696 g/mol. The van der Waals surface area contributed by atoms with E-state index < -0.39 is 16.1 Å². The summed E-state index contributed by atoms with van der Waals surface area (Å²) < 4.78 is 52.9. The summed E-state index contributed by atoms with van der Waals surface area (Å²) in [6.45, 7) is 9.83. The van der Waals surface area contributed by atoms with E-state index in [1.807, 2.05) is 39.1 Å². The number of rotatable bonds is 9. The molecule has 4 atom stereocenters. The second-order valence-electron chi connectivity index (χ2n) is 13.3. The maximum Gasteiger partial charge on any atom is 0.261 e. The van der Waals surface area contributed by atoms with Crippen molar-refractivity contribution >= 4 is 21.6 Å². The first-order chi connectivity index (χ1) is 23.4. The van der Waals surface area contributed by atoms with Crippen LogP contribution in [0.1, 0.15) is 61.5 Å². The van der Waals surface area contributed by atoms with Gasteiger partial charge in [-0.3, -0.25) is 14.4 Å². The number of nitrogens with zero attached hydrogens (tertiary/aromatic N) is 2. The largest absolute Gasteiger partial charge is 0.490 e. The third-order valence-corrected chi connectivity index (χ3v) is 10.4. The topological polar surface area (TPSA) is 127 Å². The summed E-state index contributed by atoms with van der Waals surface area (Å²) in [5.74, 6) is 1.38. The summed E-state index contributed by atoms with van der Waals surface area (Å²) in [5.41, 5.74) is 2.49. The fraction of sp³-hybridized carbons (Fsp3) is 0.486. The molecule has 12 heteroatoms. The molecule has 49 heavy (non-hydrogen) atoms. The lowest BCUT2D eigenvalue weighted by atomic mass is 10.0. The number of hydrogen-bond donors (Lipinski definition) is 2. The van der Waals surface area contributed by atoms with Gasteiger partial charge < -0.3 is 29.0 Å². The number of amides is 1. The number of aryl methyl sites for hydroxylation is 1. The highest BCUT2D eigenvalue weighted by Gasteiger charge is 2.31. The van der Waals surface area contributed by atoms with Crippen molar-refractivity contribution in [2.45, 2.75) is 76.6 Å². The molecule has 1 amide bonds. The number of fused-ring (bicyclic) bond motifs is 2. The van der Waals surface area contributed by atoms with E-state index in [-0.39, 0.29) is 53.6 Å². The summed E-state index contributed by atoms with van der Waals surface area (Å²) in [5, 5.41) is 10.3. The summed E-state index contributed by atoms with van der Waals surface area (Å²) in [6, 6.07) is 16.8. The van der Waals surface area contributed by atoms with Crippen molar-refractivity contribution in [3.05, 3.63) is 77.4 Å². The molecule has 0 spiro atoms. The van der Waals surface area contributed by atoms with Gasteiger partial charge in [0.05, 0.1) is 35.3 Å². The maximum absolute atomic E-state index is 14.4. The first kappa shape index (κ1) is 36.4. The minimum absolute atomic E-state index is 0.105. The Morgan fingerprint density at radius 3 is 2.49 bits per heavy atom. The van der Waals surface area contributed by atoms with E-state index in [2.05, 4.69) is 16.5 Å². The number of likely N-dealkylation sites (N-methyl/N-ethyl adjacent to an activating group) is 1. The molecule has 11 nitrogen and oxygen atoms in total. The first-order valence-electron chi connectivity index (χ1n) is 16.9. The van der Waals surface area contributed by atoms with Crippen LogP contribution in [0.15, 0.2) is 65.6 Å². The molecule has 0 aromatic heterocycles. The monoisotopic (exact) mass is 695 g/mol. The zero-order valence-electron chi connectivity index (χ0n) is 29.1. The van der Waals surface area contributed by atoms with Crippen LogP contribution >= 0.6 is 0 Å². The second-order valence-corrected chi connectivity index (χ2v) is 15.0. The van der Waals surface area contributed by atoms with Crippen LogP contribution in [0.4, 0.5) is 5.69 Å². The van der Waals surface area contributed by atoms with Crippen LogP contribution in [0.25, 0.3) is 0 Å². The van der Waals surface area contributed by atoms with Gasteiger partial charge in [0.15, 0.2) is 11.5 Å². The third-order valence-electron chi connectivity index (χ3n) is 9.02. The van der Waals surface area contributed by atoms with Crippen molar-refractivity contribution in [1.82, 2.24) is 9.80 Å². The number of carbonyl (C=O) groups excluding carboxylic acids is 1. The standard InChI is InChI=1S/C37H49N3O8S/c1-25-9-13-31(14-10-25)49(43,44)38-30-12-16-33-32(19-30)37(42)40(27(3)23-41)20-26(2)36(45-17-7-6-8-28(4)48-33)22-39(5)21-29-11-15-34-35(18-29)47-24-46-34/h9-16,18-19,26-28,36,38,41H,6-8,17,20-24H2,1-5H3/t26-,27-,28+,36+/m0/s1. The highest BCUT2D eigenvalue weighted by molar-refractivity contribution is 7.92. The van der Waals surface area contributed by atoms with E-state index in [4.69, 9.17) is 18.9 Å². The molecule has 2 aliphatic rings. The van der Waals surface area contributed by atoms with E-state index in [0.717, 1.165) is 41.9 Å². The predicted octanol–water partition coefficient (Wildman–Crippen LogP) is 5.45. The minimum atomic E-state index is -3.91. The molecule has 2 N–H and O–H groups in total. The summed E-state index contributed by atoms with van der Waals surface area (Å²) in [7, 11) is -1.87. The number of aliphatic hydroxyl groups is 1. The Labute approximate surface area is 290 Å². The van der Waals surface area contributed by atoms with Gasteiger partial charge in [-0.25, -0.2) is 8.42 Å². The fourth-order valence-electron chi connectivity index (χ4n) is 6.10. The molecule has 0 aliphatic carbocycles. The Balaban J connectivity index is 1.40. The van der Waals surface area contributed by atoms with Crippen LogP contribution in [-0.4, -0.2) is 87.6 Å². The number of sulfonamides is 1. The third kappa shape index (κ3) is 9.45. The van der Waals surface area contributed by atoms with Crippen molar-refractivity contribution in [2.24, 2.45) is 5.92 Å². The Morgan fingerprint density at radius 1 is 1.00 bits per heavy atom. The maximum atomic E-state index is 14.4. The van der Waals surface area contributed by atoms with Gasteiger partial charge in [-0.05, 0) is 95.1 Å². The Morgan fingerprint density at radius 2 is 1.73 bits per heavy atom. The molecular formula is C37H49N3O8S. The van der Waals surface area contributed by atoms with Crippen molar-refractivity contribution in [3.63, 3.8) is 0 Å². The highest BCUT2D eigenvalue weighted by atomic mass is 32.2. The van der Waals surface area contributed by atoms with Gasteiger partial charge >= 0.3 is 0 Å². The predicted molar refractivity (Wildman–Crippen MR) is 188 cm³/mol. The molecule has 2 heterocycles. The quantitative estimate of drug-likeness (QED) is 0.301. The van der Waals surface area contributed by atoms with E-state index >= 15 is 0 Å². The van der Waals surface area contributed by atoms with E-state index in [1.165, 1.54) is 6.07 Å². The number of anilines is 1. The van der Waals surface area contributed by atoms with Crippen LogP contribution in [0.5, 0.6) is 17.2 Å². The number of benzene rings is 3. The number of nitrogens with one attached hydrogen (secondary N) is 1. The average Bonchev–Trinajstić information content (AvgIpc) is 3.54. The number of ether oxygens (including phenoxy) is 4. The normalized spacial score (nSPS) is 21.1. The van der Waals surface area contributed by atoms with Crippen molar-refractivity contribution < 1.29 is 37.3 Å². The molecular weight excluding hydrogens is 646 g/mol. The summed E-state index contributed by atoms with van der Waals surface area (Å²) in [6.07, 6.45) is 2.07. The molecule has 2 aliphatic heterocycles. The molecule has 266 valence electrons. The van der Waals surface area contributed by atoms with Crippen molar-refractivity contribution in [1.29, 1.82) is 0 Å². The molecule has 0 saturated heterocycles. The van der Waals surface area contributed by atoms with Crippen LogP contribution < -0.4 is 18.9 Å². The lowest BCUT2D eigenvalue weighted by Crippen LogP contribution is -2.47. The highest BCUT2D eigenvalue weighted by Crippen LogP contribution is 2.33. The number of aliphatic hydroxyl groups excluding tert-OH is 1. The Hall–Kier alpha value is -3.84. The Bertz CT molecular complexity index is 1680. The molecule has 0 radical (unpaired) electrons. The molecule has 0 unspecified atom stereocenters. The van der Waals surface area contributed by atoms with E-state index in [9.17, 15) is 18.3 Å². The second kappa shape index (κ2) is 16.2. The molecule has 3 aromatic rings. The molecule has 3 aromatic carbocycles. The Kier molecular flexibility index (Phi) is 12.1. The van der Waals surface area contributed by atoms with Crippen LogP contribution in [0.3, 0.4) is 0 Å². The molecule has 0 saturated carbocycles. The summed E-state index contributed by atoms with van der Waals surface area (Å²) in [4.78, 5) is 18.4. The van der Waals surface area contributed by atoms with E-state index in [0.29, 0.717) is 32.0 Å². The lowest BCUT2D eigenvalue weighted by molar-refractivity contribution is -0.0177. The minimum Gasteiger partial charge on any atom is -0.490 e. The van der Waals surface area contributed by atoms with Crippen molar-refractivity contribution in [2.75, 3.05) is 44.9 Å². The van der Waals surface area contributed by atoms with Crippen LogP contribution in [0.2, 0.25) is 0 Å². The van der Waals surface area contributed by atoms with Crippen molar-refractivity contribution in [3.8, 4) is 17.2 Å². The molecule has 5 rings (SSSR count). The van der Waals surface area contributed by atoms with Gasteiger partial charge in [0, 0.05) is 37.8 Å².